The first kappa shape index (κ1) is 14.1. The normalized spacial score (nSPS) is 44.8. The van der Waals surface area contributed by atoms with E-state index in [1.54, 1.807) is 0 Å². The Bertz CT molecular complexity index is 467. The molecule has 112 valence electrons. The fourth-order valence-electron chi connectivity index (χ4n) is 5.32. The topological polar surface area (TPSA) is 60.4 Å². The van der Waals surface area contributed by atoms with Crippen molar-refractivity contribution in [3.63, 3.8) is 0 Å². The summed E-state index contributed by atoms with van der Waals surface area (Å²) < 4.78 is 0. The molecule has 3 aliphatic rings. The summed E-state index contributed by atoms with van der Waals surface area (Å²) in [7, 11) is 0. The highest BCUT2D eigenvalue weighted by Gasteiger charge is 2.53. The van der Waals surface area contributed by atoms with Crippen molar-refractivity contribution in [2.45, 2.75) is 71.3 Å². The first-order chi connectivity index (χ1) is 9.38. The summed E-state index contributed by atoms with van der Waals surface area (Å²) in [4.78, 5) is 11.7. The Morgan fingerprint density at radius 1 is 1.25 bits per heavy atom. The Labute approximate surface area is 121 Å². The molecule has 0 bridgehead atoms. The molecule has 0 aromatic heterocycles. The number of carboxylic acid groups (broad SMARTS) is 1. The lowest BCUT2D eigenvalue weighted by Gasteiger charge is -2.57. The maximum atomic E-state index is 11.7. The number of hydrogen-bond acceptors (Lipinski definition) is 3. The van der Waals surface area contributed by atoms with Crippen LogP contribution >= 0.6 is 0 Å². The standard InChI is InChI=1S/C17H26O3/c1-16-8-3-9-17(2,15(19)20)14(16)7-5-11-4-6-12(18)10-13(11)16/h12,14,18H,3-10H2,1-2H3,(H,19,20)/p-1/t12-,14-,16-,17+/m1/s1. The van der Waals surface area contributed by atoms with Gasteiger partial charge in [0.1, 0.15) is 0 Å². The molecule has 3 heteroatoms. The van der Waals surface area contributed by atoms with E-state index in [0.29, 0.717) is 0 Å². The van der Waals surface area contributed by atoms with Crippen LogP contribution in [-0.2, 0) is 4.79 Å². The summed E-state index contributed by atoms with van der Waals surface area (Å²) in [6, 6.07) is 0. The lowest BCUT2D eigenvalue weighted by Crippen LogP contribution is -2.55. The SMILES string of the molecule is C[C@]1(C(=O)[O-])CCC[C@]2(C)C3=C(CC[C@@H](O)C3)CC[C@@H]12. The summed E-state index contributed by atoms with van der Waals surface area (Å²) in [5, 5.41) is 21.8. The number of rotatable bonds is 1. The third-order valence-electron chi connectivity index (χ3n) is 6.47. The van der Waals surface area contributed by atoms with Gasteiger partial charge in [0.25, 0.3) is 0 Å². The van der Waals surface area contributed by atoms with E-state index >= 15 is 0 Å². The van der Waals surface area contributed by atoms with Crippen molar-refractivity contribution < 1.29 is 15.0 Å². The maximum Gasteiger partial charge on any atom is 0.0580 e. The van der Waals surface area contributed by atoms with Crippen molar-refractivity contribution in [1.29, 1.82) is 0 Å². The van der Waals surface area contributed by atoms with E-state index in [0.717, 1.165) is 51.4 Å². The van der Waals surface area contributed by atoms with Crippen molar-refractivity contribution in [3.8, 4) is 0 Å². The molecule has 0 spiro atoms. The zero-order valence-electron chi connectivity index (χ0n) is 12.6. The lowest BCUT2D eigenvalue weighted by atomic mass is 9.48. The number of aliphatic hydroxyl groups excluding tert-OH is 1. The summed E-state index contributed by atoms with van der Waals surface area (Å²) in [5.41, 5.74) is 2.16. The molecule has 0 aliphatic heterocycles. The Hall–Kier alpha value is -0.830. The van der Waals surface area contributed by atoms with Gasteiger partial charge in [0.2, 0.25) is 0 Å². The van der Waals surface area contributed by atoms with Crippen LogP contribution in [0.2, 0.25) is 0 Å². The highest BCUT2D eigenvalue weighted by Crippen LogP contribution is 2.61. The zero-order valence-corrected chi connectivity index (χ0v) is 12.6. The molecule has 1 fully saturated rings. The molecule has 20 heavy (non-hydrogen) atoms. The van der Waals surface area contributed by atoms with Crippen LogP contribution in [0.15, 0.2) is 11.1 Å². The van der Waals surface area contributed by atoms with Gasteiger partial charge in [-0.05, 0) is 56.3 Å². The molecular formula is C17H25O3-. The molecule has 1 saturated carbocycles. The monoisotopic (exact) mass is 277 g/mol. The minimum atomic E-state index is -0.881. The molecule has 0 heterocycles. The number of carbonyl (C=O) groups is 1. The quantitative estimate of drug-likeness (QED) is 0.747. The molecule has 0 aromatic rings. The molecule has 1 N–H and O–H groups in total. The van der Waals surface area contributed by atoms with Gasteiger partial charge in [0.05, 0.1) is 6.10 Å². The van der Waals surface area contributed by atoms with Crippen LogP contribution in [0, 0.1) is 16.7 Å². The molecule has 0 amide bonds. The number of aliphatic hydroxyl groups is 1. The van der Waals surface area contributed by atoms with Crippen LogP contribution in [0.25, 0.3) is 0 Å². The van der Waals surface area contributed by atoms with Crippen molar-refractivity contribution in [2.24, 2.45) is 16.7 Å². The number of aliphatic carboxylic acids is 1. The highest BCUT2D eigenvalue weighted by molar-refractivity contribution is 5.73. The second kappa shape index (κ2) is 4.59. The van der Waals surface area contributed by atoms with E-state index in [2.05, 4.69) is 6.92 Å². The number of allylic oxidation sites excluding steroid dienone is 1. The second-order valence-electron chi connectivity index (χ2n) is 7.55. The molecular weight excluding hydrogens is 252 g/mol. The molecule has 0 aromatic carbocycles. The second-order valence-corrected chi connectivity index (χ2v) is 7.55. The predicted octanol–water partition coefficient (Wildman–Crippen LogP) is 2.18. The zero-order chi connectivity index (χ0) is 14.5. The van der Waals surface area contributed by atoms with E-state index in [4.69, 9.17) is 0 Å². The van der Waals surface area contributed by atoms with Crippen LogP contribution in [0.4, 0.5) is 0 Å². The van der Waals surface area contributed by atoms with Crippen molar-refractivity contribution >= 4 is 5.97 Å². The molecule has 0 saturated heterocycles. The van der Waals surface area contributed by atoms with E-state index < -0.39 is 11.4 Å². The van der Waals surface area contributed by atoms with Gasteiger partial charge < -0.3 is 15.0 Å². The van der Waals surface area contributed by atoms with Gasteiger partial charge in [-0.2, -0.15) is 0 Å². The minimum Gasteiger partial charge on any atom is -0.550 e. The third-order valence-corrected chi connectivity index (χ3v) is 6.47. The summed E-state index contributed by atoms with van der Waals surface area (Å²) in [6.45, 7) is 4.12. The largest absolute Gasteiger partial charge is 0.550 e. The van der Waals surface area contributed by atoms with E-state index in [-0.39, 0.29) is 17.4 Å². The fourth-order valence-corrected chi connectivity index (χ4v) is 5.32. The summed E-state index contributed by atoms with van der Waals surface area (Å²) >= 11 is 0. The smallest absolute Gasteiger partial charge is 0.0580 e. The Morgan fingerprint density at radius 3 is 2.65 bits per heavy atom. The third kappa shape index (κ3) is 1.86. The maximum absolute atomic E-state index is 11.7. The first-order valence-corrected chi connectivity index (χ1v) is 7.99. The van der Waals surface area contributed by atoms with Crippen LogP contribution < -0.4 is 5.11 Å². The minimum absolute atomic E-state index is 0.0396. The van der Waals surface area contributed by atoms with E-state index in [1.807, 2.05) is 6.92 Å². The van der Waals surface area contributed by atoms with Crippen LogP contribution in [0.5, 0.6) is 0 Å². The van der Waals surface area contributed by atoms with Crippen molar-refractivity contribution in [2.75, 3.05) is 0 Å². The van der Waals surface area contributed by atoms with E-state index in [9.17, 15) is 15.0 Å². The fraction of sp³-hybridized carbons (Fsp3) is 0.824. The van der Waals surface area contributed by atoms with Crippen molar-refractivity contribution in [1.82, 2.24) is 0 Å². The average Bonchev–Trinajstić information content (AvgIpc) is 2.39. The van der Waals surface area contributed by atoms with Gasteiger partial charge >= 0.3 is 0 Å². The molecule has 4 atom stereocenters. The number of hydrogen-bond donors (Lipinski definition) is 1. The van der Waals surface area contributed by atoms with Gasteiger partial charge in [-0.25, -0.2) is 0 Å². The van der Waals surface area contributed by atoms with Gasteiger partial charge in [-0.3, -0.25) is 0 Å². The number of carbonyl (C=O) groups excluding carboxylic acids is 1. The Morgan fingerprint density at radius 2 is 1.95 bits per heavy atom. The molecule has 3 rings (SSSR count). The van der Waals surface area contributed by atoms with Gasteiger partial charge in [0.15, 0.2) is 0 Å². The van der Waals surface area contributed by atoms with Gasteiger partial charge in [-0.15, -0.1) is 0 Å². The van der Waals surface area contributed by atoms with Crippen LogP contribution in [-0.4, -0.2) is 17.2 Å². The molecule has 0 radical (unpaired) electrons. The van der Waals surface area contributed by atoms with Gasteiger partial charge in [0, 0.05) is 11.4 Å². The Balaban J connectivity index is 2.03. The molecule has 3 aliphatic carbocycles. The van der Waals surface area contributed by atoms with Crippen LogP contribution in [0.1, 0.15) is 65.2 Å². The first-order valence-electron chi connectivity index (χ1n) is 7.99. The Kier molecular flexibility index (Phi) is 3.24. The molecule has 3 nitrogen and oxygen atoms in total. The molecule has 0 unspecified atom stereocenters. The number of fused-ring (bicyclic) bond motifs is 2. The summed E-state index contributed by atoms with van der Waals surface area (Å²) in [5.74, 6) is -0.716. The van der Waals surface area contributed by atoms with Gasteiger partial charge in [-0.1, -0.05) is 31.4 Å². The predicted molar refractivity (Wildman–Crippen MR) is 74.7 cm³/mol. The average molecular weight is 277 g/mol. The van der Waals surface area contributed by atoms with Crippen molar-refractivity contribution in [3.05, 3.63) is 11.1 Å². The number of carboxylic acids is 1. The lowest BCUT2D eigenvalue weighted by molar-refractivity contribution is -0.325. The summed E-state index contributed by atoms with van der Waals surface area (Å²) in [6.07, 6.45) is 7.13. The van der Waals surface area contributed by atoms with Crippen LogP contribution in [0.3, 0.4) is 0 Å². The highest BCUT2D eigenvalue weighted by atomic mass is 16.4. The van der Waals surface area contributed by atoms with E-state index in [1.165, 1.54) is 11.1 Å².